The van der Waals surface area contributed by atoms with Gasteiger partial charge in [-0.25, -0.2) is 4.79 Å². The van der Waals surface area contributed by atoms with E-state index < -0.39 is 5.97 Å². The standard InChI is InChI=1S/C8H6Cl2O3.Mg.2H/c1-5(11)12-13-8-3-2-6(9)4-7(8)10;;;/h2-4H,1H3;;;/q;+2;2*-1. The molecule has 1 rings (SSSR count). The zero-order chi connectivity index (χ0) is 9.84. The summed E-state index contributed by atoms with van der Waals surface area (Å²) < 4.78 is 0. The summed E-state index contributed by atoms with van der Waals surface area (Å²) in [5.74, 6) is -0.299. The van der Waals surface area contributed by atoms with Gasteiger partial charge in [-0.2, -0.15) is 0 Å². The van der Waals surface area contributed by atoms with Crippen molar-refractivity contribution in [2.45, 2.75) is 6.92 Å². The van der Waals surface area contributed by atoms with Gasteiger partial charge in [-0.05, 0) is 18.2 Å². The molecule has 0 aliphatic rings. The van der Waals surface area contributed by atoms with Gasteiger partial charge in [-0.15, -0.1) is 0 Å². The van der Waals surface area contributed by atoms with E-state index in [4.69, 9.17) is 23.2 Å². The molecule has 0 spiro atoms. The average Bonchev–Trinajstić information content (AvgIpc) is 2.02. The number of hydrogen-bond acceptors (Lipinski definition) is 3. The summed E-state index contributed by atoms with van der Waals surface area (Å²) in [6.45, 7) is 1.23. The Bertz CT molecular complexity index is 339. The maximum Gasteiger partial charge on any atom is 2.00 e. The van der Waals surface area contributed by atoms with Crippen molar-refractivity contribution in [3.63, 3.8) is 0 Å². The fraction of sp³-hybridized carbons (Fsp3) is 0.125. The van der Waals surface area contributed by atoms with Crippen LogP contribution in [0.25, 0.3) is 0 Å². The Hall–Kier alpha value is -0.164. The molecule has 74 valence electrons. The Kier molecular flexibility index (Phi) is 6.27. The van der Waals surface area contributed by atoms with Crippen molar-refractivity contribution in [1.29, 1.82) is 0 Å². The van der Waals surface area contributed by atoms with Crippen LogP contribution >= 0.6 is 23.2 Å². The molecule has 0 heterocycles. The molecular formula is C8H8Cl2MgO3. The monoisotopic (exact) mass is 246 g/mol. The first-order valence-electron chi connectivity index (χ1n) is 3.40. The zero-order valence-corrected chi connectivity index (χ0v) is 10.3. The second-order valence-electron chi connectivity index (χ2n) is 2.23. The first-order chi connectivity index (χ1) is 6.09. The van der Waals surface area contributed by atoms with Crippen LogP contribution in [0.4, 0.5) is 0 Å². The van der Waals surface area contributed by atoms with E-state index in [1.807, 2.05) is 0 Å². The Morgan fingerprint density at radius 3 is 2.57 bits per heavy atom. The first-order valence-corrected chi connectivity index (χ1v) is 4.15. The van der Waals surface area contributed by atoms with Gasteiger partial charge in [-0.3, -0.25) is 9.78 Å². The van der Waals surface area contributed by atoms with E-state index in [-0.39, 0.29) is 36.7 Å². The summed E-state index contributed by atoms with van der Waals surface area (Å²) in [4.78, 5) is 19.3. The van der Waals surface area contributed by atoms with Crippen LogP contribution in [0.15, 0.2) is 18.2 Å². The van der Waals surface area contributed by atoms with E-state index in [0.717, 1.165) is 0 Å². The predicted molar refractivity (Wildman–Crippen MR) is 56.8 cm³/mol. The van der Waals surface area contributed by atoms with Gasteiger partial charge in [0.1, 0.15) is 0 Å². The van der Waals surface area contributed by atoms with Gasteiger partial charge < -0.3 is 2.85 Å². The van der Waals surface area contributed by atoms with Crippen LogP contribution in [-0.4, -0.2) is 29.0 Å². The van der Waals surface area contributed by atoms with Crippen molar-refractivity contribution in [2.75, 3.05) is 0 Å². The Morgan fingerprint density at radius 2 is 2.07 bits per heavy atom. The molecule has 1 aromatic carbocycles. The van der Waals surface area contributed by atoms with E-state index in [0.29, 0.717) is 5.02 Å². The molecule has 0 saturated heterocycles. The third-order valence-corrected chi connectivity index (χ3v) is 1.67. The molecule has 14 heavy (non-hydrogen) atoms. The average molecular weight is 247 g/mol. The van der Waals surface area contributed by atoms with Crippen molar-refractivity contribution in [1.82, 2.24) is 0 Å². The van der Waals surface area contributed by atoms with Crippen LogP contribution in [0, 0.1) is 0 Å². The second-order valence-corrected chi connectivity index (χ2v) is 3.08. The molecule has 6 heteroatoms. The zero-order valence-electron chi connectivity index (χ0n) is 9.42. The van der Waals surface area contributed by atoms with Crippen LogP contribution in [0.1, 0.15) is 9.78 Å². The molecule has 0 aliphatic carbocycles. The Balaban J connectivity index is -0.000000563. The third kappa shape index (κ3) is 4.37. The Morgan fingerprint density at radius 1 is 1.43 bits per heavy atom. The summed E-state index contributed by atoms with van der Waals surface area (Å²) >= 11 is 11.3. The number of carbonyl (C=O) groups excluding carboxylic acids is 1. The number of hydrogen-bond donors (Lipinski definition) is 0. The van der Waals surface area contributed by atoms with E-state index in [9.17, 15) is 4.79 Å². The summed E-state index contributed by atoms with van der Waals surface area (Å²) in [6, 6.07) is 4.57. The summed E-state index contributed by atoms with van der Waals surface area (Å²) in [6.07, 6.45) is 0. The fourth-order valence-corrected chi connectivity index (χ4v) is 1.09. The van der Waals surface area contributed by atoms with Gasteiger partial charge in [0.15, 0.2) is 5.75 Å². The normalized spacial score (nSPS) is 8.79. The number of halogens is 2. The fourth-order valence-electron chi connectivity index (χ4n) is 0.646. The predicted octanol–water partition coefficient (Wildman–Crippen LogP) is 2.69. The SMILES string of the molecule is CC(=O)OOc1ccc(Cl)cc1Cl.[H-].[H-].[Mg+2]. The largest absolute Gasteiger partial charge is 2.00 e. The minimum Gasteiger partial charge on any atom is -1.00 e. The van der Waals surface area contributed by atoms with Crippen molar-refractivity contribution >= 4 is 52.2 Å². The molecule has 0 bridgehead atoms. The van der Waals surface area contributed by atoms with Crippen molar-refractivity contribution in [3.05, 3.63) is 28.2 Å². The van der Waals surface area contributed by atoms with Crippen LogP contribution in [0.2, 0.25) is 10.0 Å². The van der Waals surface area contributed by atoms with Crippen molar-refractivity contribution in [2.24, 2.45) is 0 Å². The quantitative estimate of drug-likeness (QED) is 0.458. The number of benzene rings is 1. The summed E-state index contributed by atoms with van der Waals surface area (Å²) in [7, 11) is 0. The van der Waals surface area contributed by atoms with Crippen LogP contribution in [0.5, 0.6) is 5.75 Å². The van der Waals surface area contributed by atoms with Gasteiger partial charge >= 0.3 is 29.0 Å². The molecular weight excluding hydrogens is 239 g/mol. The summed E-state index contributed by atoms with van der Waals surface area (Å²) in [5.41, 5.74) is 0. The molecule has 0 amide bonds. The smallest absolute Gasteiger partial charge is 1.00 e. The van der Waals surface area contributed by atoms with Gasteiger partial charge in [0.05, 0.1) is 5.02 Å². The molecule has 1 aromatic rings. The molecule has 0 aromatic heterocycles. The topological polar surface area (TPSA) is 35.5 Å². The maximum absolute atomic E-state index is 10.4. The van der Waals surface area contributed by atoms with E-state index >= 15 is 0 Å². The molecule has 0 aliphatic heterocycles. The van der Waals surface area contributed by atoms with Crippen LogP contribution < -0.4 is 4.89 Å². The van der Waals surface area contributed by atoms with E-state index in [1.54, 1.807) is 6.07 Å². The Labute approximate surface area is 110 Å². The summed E-state index contributed by atoms with van der Waals surface area (Å²) in [5, 5.41) is 0.772. The van der Waals surface area contributed by atoms with Crippen LogP contribution in [-0.2, 0) is 9.68 Å². The molecule has 0 saturated carbocycles. The van der Waals surface area contributed by atoms with Crippen LogP contribution in [0.3, 0.4) is 0 Å². The molecule has 0 unspecified atom stereocenters. The minimum absolute atomic E-state index is 0. The van der Waals surface area contributed by atoms with Gasteiger partial charge in [0.25, 0.3) is 0 Å². The molecule has 0 fully saturated rings. The van der Waals surface area contributed by atoms with Gasteiger partial charge in [0, 0.05) is 11.9 Å². The minimum atomic E-state index is -0.550. The maximum atomic E-state index is 10.4. The third-order valence-electron chi connectivity index (χ3n) is 1.14. The van der Waals surface area contributed by atoms with Crippen molar-refractivity contribution in [3.8, 4) is 5.75 Å². The van der Waals surface area contributed by atoms with Gasteiger partial charge in [-0.1, -0.05) is 23.2 Å². The van der Waals surface area contributed by atoms with E-state index in [1.165, 1.54) is 19.1 Å². The number of rotatable bonds is 2. The molecule has 0 atom stereocenters. The van der Waals surface area contributed by atoms with Crippen molar-refractivity contribution < 1.29 is 17.4 Å². The van der Waals surface area contributed by atoms with E-state index in [2.05, 4.69) is 9.78 Å². The second kappa shape index (κ2) is 6.34. The molecule has 0 radical (unpaired) electrons. The molecule has 3 nitrogen and oxygen atoms in total. The van der Waals surface area contributed by atoms with Gasteiger partial charge in [0.2, 0.25) is 0 Å². The number of carbonyl (C=O) groups is 1. The molecule has 0 N–H and O–H groups in total. The first kappa shape index (κ1) is 13.8.